The van der Waals surface area contributed by atoms with Crippen molar-refractivity contribution in [2.45, 2.75) is 52.9 Å². The van der Waals surface area contributed by atoms with Gasteiger partial charge in [-0.25, -0.2) is 0 Å². The van der Waals surface area contributed by atoms with Gasteiger partial charge in [-0.15, -0.1) is 0 Å². The van der Waals surface area contributed by atoms with Crippen molar-refractivity contribution in [2.24, 2.45) is 10.3 Å². The van der Waals surface area contributed by atoms with E-state index in [1.165, 1.54) is 16.7 Å². The number of nitrogens with zero attached hydrogens (tertiary/aromatic N) is 3. The van der Waals surface area contributed by atoms with Crippen molar-refractivity contribution < 1.29 is 14.4 Å². The van der Waals surface area contributed by atoms with E-state index in [9.17, 15) is 0 Å². The third kappa shape index (κ3) is 3.80. The first kappa shape index (κ1) is 22.6. The third-order valence-corrected chi connectivity index (χ3v) is 7.33. The van der Waals surface area contributed by atoms with E-state index in [1.54, 1.807) is 0 Å². The van der Waals surface area contributed by atoms with Crippen molar-refractivity contribution >= 4 is 27.4 Å². The summed E-state index contributed by atoms with van der Waals surface area (Å²) in [5.74, 6) is 0. The summed E-state index contributed by atoms with van der Waals surface area (Å²) in [7, 11) is 0. The van der Waals surface area contributed by atoms with E-state index in [-0.39, 0.29) is 6.23 Å². The maximum absolute atomic E-state index is 6.42. The number of aryl methyl sites for hydroxylation is 5. The summed E-state index contributed by atoms with van der Waals surface area (Å²) in [6, 6.07) is 8.65. The van der Waals surface area contributed by atoms with E-state index >= 15 is 0 Å². The van der Waals surface area contributed by atoms with Gasteiger partial charge in [0, 0.05) is 35.1 Å². The number of rotatable bonds is 3. The molecular formula is C26H30BrN3O3. The second-order valence-electron chi connectivity index (χ2n) is 9.43. The predicted octanol–water partition coefficient (Wildman–Crippen LogP) is 4.95. The van der Waals surface area contributed by atoms with Crippen molar-refractivity contribution in [3.63, 3.8) is 0 Å². The van der Waals surface area contributed by atoms with Crippen LogP contribution in [0.5, 0.6) is 0 Å². The van der Waals surface area contributed by atoms with Crippen LogP contribution in [-0.2, 0) is 14.4 Å². The molecule has 0 saturated carbocycles. The van der Waals surface area contributed by atoms with Crippen LogP contribution in [0.4, 0.5) is 0 Å². The Morgan fingerprint density at radius 1 is 0.879 bits per heavy atom. The van der Waals surface area contributed by atoms with E-state index in [2.05, 4.69) is 90.0 Å². The van der Waals surface area contributed by atoms with Crippen LogP contribution in [0, 0.1) is 34.6 Å². The molecule has 0 aromatic heterocycles. The van der Waals surface area contributed by atoms with E-state index in [1.807, 2.05) is 0 Å². The fourth-order valence-electron chi connectivity index (χ4n) is 5.58. The lowest BCUT2D eigenvalue weighted by molar-refractivity contribution is -0.159. The lowest BCUT2D eigenvalue weighted by Crippen LogP contribution is -2.57. The van der Waals surface area contributed by atoms with Gasteiger partial charge >= 0.3 is 0 Å². The maximum Gasteiger partial charge on any atom is 0.241 e. The van der Waals surface area contributed by atoms with Crippen molar-refractivity contribution in [1.82, 2.24) is 4.90 Å². The number of halogens is 1. The SMILES string of the molecule is Cc1cc(C)c(C2=NO[C@@]3(C2)C(c2c(C)cc(Br)cc2C)=NO[C@@H]3N2CCOCC2)c(C)c1. The minimum atomic E-state index is -0.806. The Hall–Kier alpha value is -2.22. The Kier molecular flexibility index (Phi) is 5.83. The quantitative estimate of drug-likeness (QED) is 0.585. The molecule has 3 aliphatic heterocycles. The Morgan fingerprint density at radius 2 is 1.48 bits per heavy atom. The first-order valence-corrected chi connectivity index (χ1v) is 12.3. The fourth-order valence-corrected chi connectivity index (χ4v) is 6.26. The summed E-state index contributed by atoms with van der Waals surface area (Å²) in [6.45, 7) is 13.5. The number of morpholine rings is 1. The molecule has 1 spiro atoms. The molecule has 0 N–H and O–H groups in total. The highest BCUT2D eigenvalue weighted by molar-refractivity contribution is 9.10. The van der Waals surface area contributed by atoms with Gasteiger partial charge in [0.05, 0.1) is 18.9 Å². The molecule has 1 fully saturated rings. The van der Waals surface area contributed by atoms with Gasteiger partial charge in [0.15, 0.2) is 0 Å². The molecule has 1 saturated heterocycles. The van der Waals surface area contributed by atoms with Gasteiger partial charge in [0.2, 0.25) is 11.8 Å². The number of hydrogen-bond donors (Lipinski definition) is 0. The first-order valence-electron chi connectivity index (χ1n) is 11.5. The van der Waals surface area contributed by atoms with Gasteiger partial charge in [0.25, 0.3) is 0 Å². The molecule has 174 valence electrons. The Balaban J connectivity index is 1.59. The van der Waals surface area contributed by atoms with Gasteiger partial charge in [0.1, 0.15) is 5.71 Å². The summed E-state index contributed by atoms with van der Waals surface area (Å²) in [6.07, 6.45) is 0.249. The molecule has 3 aliphatic rings. The smallest absolute Gasteiger partial charge is 0.241 e. The Morgan fingerprint density at radius 3 is 2.12 bits per heavy atom. The van der Waals surface area contributed by atoms with Crippen LogP contribution < -0.4 is 0 Å². The van der Waals surface area contributed by atoms with Crippen LogP contribution in [0.15, 0.2) is 39.0 Å². The first-order chi connectivity index (χ1) is 15.8. The van der Waals surface area contributed by atoms with Crippen LogP contribution in [0.2, 0.25) is 0 Å². The highest BCUT2D eigenvalue weighted by atomic mass is 79.9. The molecule has 0 unspecified atom stereocenters. The van der Waals surface area contributed by atoms with E-state index in [0.29, 0.717) is 19.6 Å². The normalized spacial score (nSPS) is 25.1. The van der Waals surface area contributed by atoms with E-state index in [0.717, 1.165) is 51.2 Å². The number of hydrogen-bond acceptors (Lipinski definition) is 6. The largest absolute Gasteiger partial charge is 0.379 e. The number of ether oxygens (including phenoxy) is 1. The van der Waals surface area contributed by atoms with E-state index < -0.39 is 5.60 Å². The van der Waals surface area contributed by atoms with Crippen LogP contribution in [0.3, 0.4) is 0 Å². The monoisotopic (exact) mass is 511 g/mol. The third-order valence-electron chi connectivity index (χ3n) is 6.87. The van der Waals surface area contributed by atoms with Gasteiger partial charge in [-0.2, -0.15) is 0 Å². The fraction of sp³-hybridized carbons (Fsp3) is 0.462. The zero-order valence-electron chi connectivity index (χ0n) is 19.9. The molecule has 2 aromatic rings. The Bertz CT molecular complexity index is 1120. The summed E-state index contributed by atoms with van der Waals surface area (Å²) in [4.78, 5) is 14.8. The van der Waals surface area contributed by atoms with Crippen molar-refractivity contribution in [3.05, 3.63) is 67.7 Å². The molecular weight excluding hydrogens is 482 g/mol. The van der Waals surface area contributed by atoms with Crippen LogP contribution in [0.1, 0.15) is 45.4 Å². The zero-order valence-corrected chi connectivity index (χ0v) is 21.5. The summed E-state index contributed by atoms with van der Waals surface area (Å²) < 4.78 is 6.65. The standard InChI is InChI=1S/C26H30BrN3O3/c1-15-10-16(2)22(17(3)11-15)21-14-26(33-28-21)24(23-18(4)12-20(27)13-19(23)5)29-32-25(26)30-6-8-31-9-7-30/h10-13,25H,6-9,14H2,1-5H3/t25-,26-/m0/s1. The lowest BCUT2D eigenvalue weighted by Gasteiger charge is -2.37. The Labute approximate surface area is 203 Å². The zero-order chi connectivity index (χ0) is 23.3. The molecule has 2 aromatic carbocycles. The highest BCUT2D eigenvalue weighted by Gasteiger charge is 2.60. The van der Waals surface area contributed by atoms with Crippen LogP contribution >= 0.6 is 15.9 Å². The van der Waals surface area contributed by atoms with Crippen molar-refractivity contribution in [2.75, 3.05) is 26.3 Å². The highest BCUT2D eigenvalue weighted by Crippen LogP contribution is 2.43. The summed E-state index contributed by atoms with van der Waals surface area (Å²) >= 11 is 3.62. The minimum Gasteiger partial charge on any atom is -0.379 e. The lowest BCUT2D eigenvalue weighted by atomic mass is 9.81. The average molecular weight is 512 g/mol. The maximum atomic E-state index is 6.42. The van der Waals surface area contributed by atoms with Crippen LogP contribution in [-0.4, -0.2) is 54.5 Å². The molecule has 7 heteroatoms. The molecule has 2 atom stereocenters. The van der Waals surface area contributed by atoms with Crippen molar-refractivity contribution in [3.8, 4) is 0 Å². The molecule has 5 rings (SSSR count). The van der Waals surface area contributed by atoms with Crippen molar-refractivity contribution in [1.29, 1.82) is 0 Å². The molecule has 0 amide bonds. The van der Waals surface area contributed by atoms with E-state index in [4.69, 9.17) is 14.4 Å². The molecule has 0 aliphatic carbocycles. The molecule has 0 bridgehead atoms. The minimum absolute atomic E-state index is 0.355. The molecule has 33 heavy (non-hydrogen) atoms. The second kappa shape index (κ2) is 8.53. The van der Waals surface area contributed by atoms with Crippen LogP contribution in [0.25, 0.3) is 0 Å². The predicted molar refractivity (Wildman–Crippen MR) is 133 cm³/mol. The average Bonchev–Trinajstić information content (AvgIpc) is 3.32. The summed E-state index contributed by atoms with van der Waals surface area (Å²) in [5, 5.41) is 9.34. The molecule has 6 nitrogen and oxygen atoms in total. The van der Waals surface area contributed by atoms with Gasteiger partial charge in [-0.05, 0) is 69.0 Å². The molecule has 0 radical (unpaired) electrons. The second-order valence-corrected chi connectivity index (χ2v) is 10.3. The summed E-state index contributed by atoms with van der Waals surface area (Å²) in [5.41, 5.74) is 9.14. The number of benzene rings is 2. The molecule has 3 heterocycles. The van der Waals surface area contributed by atoms with Gasteiger partial charge in [-0.3, -0.25) is 4.90 Å². The van der Waals surface area contributed by atoms with Gasteiger partial charge < -0.3 is 14.4 Å². The number of oxime groups is 2. The van der Waals surface area contributed by atoms with Gasteiger partial charge in [-0.1, -0.05) is 43.9 Å². The topological polar surface area (TPSA) is 55.7 Å².